The van der Waals surface area contributed by atoms with Crippen LogP contribution in [0.2, 0.25) is 5.02 Å². The van der Waals surface area contributed by atoms with Crippen LogP contribution in [0, 0.1) is 0 Å². The van der Waals surface area contributed by atoms with Crippen LogP contribution >= 0.6 is 11.6 Å². The SMILES string of the molecule is O=C(C1CN(C(=O)C2Cc3cc(Cl)ccc3O2)c2ccccc2O1)N1CCCCC1. The van der Waals surface area contributed by atoms with Crippen molar-refractivity contribution in [2.45, 2.75) is 37.9 Å². The molecule has 6 nitrogen and oxygen atoms in total. The largest absolute Gasteiger partial charge is 0.480 e. The molecule has 0 bridgehead atoms. The molecule has 1 fully saturated rings. The van der Waals surface area contributed by atoms with Crippen molar-refractivity contribution in [3.8, 4) is 11.5 Å². The molecular weight excluding hydrogens is 404 g/mol. The molecule has 0 N–H and O–H groups in total. The Kier molecular flexibility index (Phi) is 5.03. The van der Waals surface area contributed by atoms with Gasteiger partial charge in [0.15, 0.2) is 12.2 Å². The Balaban J connectivity index is 1.39. The summed E-state index contributed by atoms with van der Waals surface area (Å²) < 4.78 is 11.9. The topological polar surface area (TPSA) is 59.1 Å². The normalized spacial score (nSPS) is 22.6. The summed E-state index contributed by atoms with van der Waals surface area (Å²) in [5.74, 6) is 1.00. The Morgan fingerprint density at radius 2 is 1.67 bits per heavy atom. The van der Waals surface area contributed by atoms with Gasteiger partial charge in [0, 0.05) is 24.5 Å². The fraction of sp³-hybridized carbons (Fsp3) is 0.391. The van der Waals surface area contributed by atoms with Crippen LogP contribution in [-0.4, -0.2) is 48.6 Å². The van der Waals surface area contributed by atoms with Crippen LogP contribution in [0.5, 0.6) is 11.5 Å². The summed E-state index contributed by atoms with van der Waals surface area (Å²) in [6, 6.07) is 12.7. The molecule has 1 saturated heterocycles. The molecule has 3 aliphatic rings. The molecule has 2 amide bonds. The fourth-order valence-electron chi connectivity index (χ4n) is 4.42. The van der Waals surface area contributed by atoms with Crippen LogP contribution in [0.15, 0.2) is 42.5 Å². The second-order valence-corrected chi connectivity index (χ2v) is 8.41. The summed E-state index contributed by atoms with van der Waals surface area (Å²) in [6.45, 7) is 1.67. The van der Waals surface area contributed by atoms with Gasteiger partial charge in [0.1, 0.15) is 11.5 Å². The van der Waals surface area contributed by atoms with E-state index in [0.29, 0.717) is 28.6 Å². The Morgan fingerprint density at radius 3 is 2.50 bits per heavy atom. The minimum absolute atomic E-state index is 0.0515. The molecule has 2 atom stereocenters. The number of para-hydroxylation sites is 2. The lowest BCUT2D eigenvalue weighted by Crippen LogP contribution is -2.54. The van der Waals surface area contributed by atoms with Crippen LogP contribution in [0.25, 0.3) is 0 Å². The van der Waals surface area contributed by atoms with E-state index in [4.69, 9.17) is 21.1 Å². The van der Waals surface area contributed by atoms with Crippen LogP contribution < -0.4 is 14.4 Å². The average molecular weight is 427 g/mol. The van der Waals surface area contributed by atoms with Crippen LogP contribution in [0.3, 0.4) is 0 Å². The lowest BCUT2D eigenvalue weighted by molar-refractivity contribution is -0.140. The number of nitrogens with zero attached hydrogens (tertiary/aromatic N) is 2. The van der Waals surface area contributed by atoms with Gasteiger partial charge in [-0.25, -0.2) is 0 Å². The summed E-state index contributed by atoms with van der Waals surface area (Å²) in [5, 5.41) is 0.620. The third kappa shape index (κ3) is 3.49. The predicted molar refractivity (Wildman–Crippen MR) is 113 cm³/mol. The van der Waals surface area contributed by atoms with E-state index in [1.54, 1.807) is 23.1 Å². The third-order valence-electron chi connectivity index (χ3n) is 5.96. The third-order valence-corrected chi connectivity index (χ3v) is 6.19. The van der Waals surface area contributed by atoms with E-state index in [-0.39, 0.29) is 18.4 Å². The van der Waals surface area contributed by atoms with Crippen LogP contribution in [-0.2, 0) is 16.0 Å². The number of carbonyl (C=O) groups is 2. The quantitative estimate of drug-likeness (QED) is 0.738. The molecule has 5 rings (SSSR count). The number of amides is 2. The first-order chi connectivity index (χ1) is 14.6. The lowest BCUT2D eigenvalue weighted by Gasteiger charge is -2.38. The van der Waals surface area contributed by atoms with Crippen molar-refractivity contribution < 1.29 is 19.1 Å². The number of piperidine rings is 1. The summed E-state index contributed by atoms with van der Waals surface area (Å²) in [7, 11) is 0. The average Bonchev–Trinajstić information content (AvgIpc) is 3.21. The first-order valence-electron chi connectivity index (χ1n) is 10.4. The fourth-order valence-corrected chi connectivity index (χ4v) is 4.61. The number of hydrogen-bond donors (Lipinski definition) is 0. The summed E-state index contributed by atoms with van der Waals surface area (Å²) in [4.78, 5) is 30.0. The minimum Gasteiger partial charge on any atom is -0.480 e. The van der Waals surface area contributed by atoms with E-state index in [1.165, 1.54) is 0 Å². The molecular formula is C23H23ClN2O4. The molecule has 3 heterocycles. The van der Waals surface area contributed by atoms with Gasteiger partial charge in [-0.2, -0.15) is 0 Å². The number of ether oxygens (including phenoxy) is 2. The zero-order valence-electron chi connectivity index (χ0n) is 16.6. The van der Waals surface area contributed by atoms with Gasteiger partial charge in [0.05, 0.1) is 12.2 Å². The van der Waals surface area contributed by atoms with Gasteiger partial charge < -0.3 is 19.3 Å². The smallest absolute Gasteiger partial charge is 0.268 e. The molecule has 0 spiro atoms. The molecule has 2 unspecified atom stereocenters. The van der Waals surface area contributed by atoms with Crippen molar-refractivity contribution >= 4 is 29.1 Å². The van der Waals surface area contributed by atoms with E-state index in [0.717, 1.165) is 37.9 Å². The standard InChI is InChI=1S/C23H23ClN2O4/c24-16-8-9-18-15(12-16)13-20(29-18)23(28)26-14-21(22(27)25-10-4-1-5-11-25)30-19-7-3-2-6-17(19)26/h2-3,6-9,12,20-21H,1,4-5,10-11,13-14H2. The van der Waals surface area contributed by atoms with Crippen molar-refractivity contribution in [3.05, 3.63) is 53.1 Å². The van der Waals surface area contributed by atoms with Crippen molar-refractivity contribution in [2.75, 3.05) is 24.5 Å². The highest BCUT2D eigenvalue weighted by molar-refractivity contribution is 6.30. The van der Waals surface area contributed by atoms with Crippen LogP contribution in [0.4, 0.5) is 5.69 Å². The highest BCUT2D eigenvalue weighted by Gasteiger charge is 2.40. The molecule has 30 heavy (non-hydrogen) atoms. The van der Waals surface area contributed by atoms with Gasteiger partial charge >= 0.3 is 0 Å². The maximum Gasteiger partial charge on any atom is 0.268 e. The number of rotatable bonds is 2. The van der Waals surface area contributed by atoms with E-state index < -0.39 is 12.2 Å². The number of hydrogen-bond acceptors (Lipinski definition) is 4. The summed E-state index contributed by atoms with van der Waals surface area (Å²) in [5.41, 5.74) is 1.59. The molecule has 2 aromatic rings. The Labute approximate surface area is 180 Å². The number of likely N-dealkylation sites (tertiary alicyclic amines) is 1. The van der Waals surface area contributed by atoms with Gasteiger partial charge in [0.2, 0.25) is 0 Å². The molecule has 7 heteroatoms. The maximum atomic E-state index is 13.4. The molecule has 2 aromatic carbocycles. The van der Waals surface area contributed by atoms with Gasteiger partial charge in [-0.15, -0.1) is 0 Å². The molecule has 0 radical (unpaired) electrons. The van der Waals surface area contributed by atoms with E-state index in [9.17, 15) is 9.59 Å². The second kappa shape index (κ2) is 7.84. The highest BCUT2D eigenvalue weighted by Crippen LogP contribution is 2.37. The second-order valence-electron chi connectivity index (χ2n) is 7.97. The van der Waals surface area contributed by atoms with E-state index in [2.05, 4.69) is 0 Å². The minimum atomic E-state index is -0.708. The van der Waals surface area contributed by atoms with E-state index >= 15 is 0 Å². The Hall–Kier alpha value is -2.73. The Morgan fingerprint density at radius 1 is 0.900 bits per heavy atom. The van der Waals surface area contributed by atoms with Gasteiger partial charge in [-0.3, -0.25) is 9.59 Å². The monoisotopic (exact) mass is 426 g/mol. The number of halogens is 1. The Bertz CT molecular complexity index is 989. The number of fused-ring (bicyclic) bond motifs is 2. The molecule has 3 aliphatic heterocycles. The number of benzene rings is 2. The number of carbonyl (C=O) groups excluding carboxylic acids is 2. The zero-order valence-corrected chi connectivity index (χ0v) is 17.3. The molecule has 156 valence electrons. The first-order valence-corrected chi connectivity index (χ1v) is 10.8. The van der Waals surface area contributed by atoms with Gasteiger partial charge in [-0.05, 0) is 55.2 Å². The zero-order chi connectivity index (χ0) is 20.7. The van der Waals surface area contributed by atoms with Crippen molar-refractivity contribution in [2.24, 2.45) is 0 Å². The number of anilines is 1. The van der Waals surface area contributed by atoms with Gasteiger partial charge in [-0.1, -0.05) is 23.7 Å². The predicted octanol–water partition coefficient (Wildman–Crippen LogP) is 3.45. The maximum absolute atomic E-state index is 13.4. The van der Waals surface area contributed by atoms with Crippen molar-refractivity contribution in [1.29, 1.82) is 0 Å². The van der Waals surface area contributed by atoms with Gasteiger partial charge in [0.25, 0.3) is 11.8 Å². The first kappa shape index (κ1) is 19.2. The molecule has 0 saturated carbocycles. The van der Waals surface area contributed by atoms with Crippen LogP contribution in [0.1, 0.15) is 24.8 Å². The molecule has 0 aromatic heterocycles. The molecule has 0 aliphatic carbocycles. The summed E-state index contributed by atoms with van der Waals surface area (Å²) in [6.07, 6.45) is 2.27. The summed E-state index contributed by atoms with van der Waals surface area (Å²) >= 11 is 6.08. The van der Waals surface area contributed by atoms with Crippen molar-refractivity contribution in [1.82, 2.24) is 4.90 Å². The lowest BCUT2D eigenvalue weighted by atomic mass is 10.1. The van der Waals surface area contributed by atoms with Crippen molar-refractivity contribution in [3.63, 3.8) is 0 Å². The highest BCUT2D eigenvalue weighted by atomic mass is 35.5. The van der Waals surface area contributed by atoms with E-state index in [1.807, 2.05) is 29.2 Å².